The topological polar surface area (TPSA) is 58.7 Å². The van der Waals surface area contributed by atoms with Crippen molar-refractivity contribution in [1.82, 2.24) is 0 Å². The van der Waals surface area contributed by atoms with Gasteiger partial charge in [-0.1, -0.05) is 11.2 Å². The lowest BCUT2D eigenvalue weighted by molar-refractivity contribution is -0.471. The van der Waals surface area contributed by atoms with E-state index in [1.807, 2.05) is 0 Å². The fourth-order valence-corrected chi connectivity index (χ4v) is 1.42. The predicted octanol–water partition coefficient (Wildman–Crippen LogP) is 2.55. The number of hydroxylamine groups is 1. The van der Waals surface area contributed by atoms with Gasteiger partial charge in [-0.15, -0.1) is 0 Å². The van der Waals surface area contributed by atoms with Gasteiger partial charge in [-0.2, -0.15) is 0 Å². The van der Waals surface area contributed by atoms with E-state index in [0.717, 1.165) is 0 Å². The van der Waals surface area contributed by atoms with E-state index in [2.05, 4.69) is 5.16 Å². The fourth-order valence-electron chi connectivity index (χ4n) is 1.42. The summed E-state index contributed by atoms with van der Waals surface area (Å²) in [6.07, 6.45) is 4.63. The summed E-state index contributed by atoms with van der Waals surface area (Å²) in [6, 6.07) is 4.75. The van der Waals surface area contributed by atoms with Crippen LogP contribution in [0.25, 0.3) is 0 Å². The highest BCUT2D eigenvalue weighted by molar-refractivity contribution is 6.03. The summed E-state index contributed by atoms with van der Waals surface area (Å²) in [4.78, 5) is 0. The number of hydrogen-bond acceptors (Lipinski definition) is 3. The van der Waals surface area contributed by atoms with Crippen molar-refractivity contribution in [3.8, 4) is 0 Å². The van der Waals surface area contributed by atoms with Crippen molar-refractivity contribution in [3.63, 3.8) is 0 Å². The molecule has 1 rings (SSSR count). The quantitative estimate of drug-likeness (QED) is 0.293. The van der Waals surface area contributed by atoms with E-state index in [0.29, 0.717) is 10.3 Å². The van der Waals surface area contributed by atoms with Crippen molar-refractivity contribution in [2.45, 2.75) is 19.9 Å². The molecule has 0 saturated heterocycles. The van der Waals surface area contributed by atoms with E-state index in [1.165, 1.54) is 30.5 Å². The molecule has 5 heteroatoms. The minimum atomic E-state index is -0.670. The summed E-state index contributed by atoms with van der Waals surface area (Å²) in [5.41, 5.74) is 0.687. The SMILES string of the molecule is C/C=C\C=[N+](\[O-])C(C)/C(=N/O)c1ccc(F)cc1. The van der Waals surface area contributed by atoms with Crippen LogP contribution in [-0.4, -0.2) is 27.9 Å². The molecule has 0 aliphatic carbocycles. The zero-order valence-corrected chi connectivity index (χ0v) is 10.2. The van der Waals surface area contributed by atoms with Gasteiger partial charge in [0.1, 0.15) is 5.82 Å². The maximum Gasteiger partial charge on any atom is 0.206 e. The third-order valence-electron chi connectivity index (χ3n) is 2.45. The molecule has 18 heavy (non-hydrogen) atoms. The third-order valence-corrected chi connectivity index (χ3v) is 2.45. The normalized spacial score (nSPS) is 15.1. The summed E-state index contributed by atoms with van der Waals surface area (Å²) in [5.74, 6) is -0.386. The Hall–Kier alpha value is -2.17. The number of rotatable bonds is 4. The molecule has 0 bridgehead atoms. The molecule has 1 aromatic carbocycles. The second-order valence-corrected chi connectivity index (χ2v) is 3.70. The number of nitrogens with zero attached hydrogens (tertiary/aromatic N) is 2. The minimum Gasteiger partial charge on any atom is -0.623 e. The van der Waals surface area contributed by atoms with Crippen molar-refractivity contribution < 1.29 is 14.3 Å². The highest BCUT2D eigenvalue weighted by Gasteiger charge is 2.20. The Labute approximate surface area is 105 Å². The van der Waals surface area contributed by atoms with E-state index in [1.54, 1.807) is 26.0 Å². The van der Waals surface area contributed by atoms with Gasteiger partial charge in [0.05, 0.1) is 0 Å². The van der Waals surface area contributed by atoms with Crippen LogP contribution < -0.4 is 0 Å². The first-order chi connectivity index (χ1) is 8.60. The minimum absolute atomic E-state index is 0.186. The van der Waals surface area contributed by atoms with Crippen LogP contribution in [0, 0.1) is 11.0 Å². The van der Waals surface area contributed by atoms with E-state index >= 15 is 0 Å². The zero-order chi connectivity index (χ0) is 13.5. The molecule has 1 N–H and O–H groups in total. The van der Waals surface area contributed by atoms with Crippen LogP contribution in [0.15, 0.2) is 41.6 Å². The van der Waals surface area contributed by atoms with Crippen LogP contribution in [0.4, 0.5) is 4.39 Å². The van der Waals surface area contributed by atoms with Gasteiger partial charge in [0.15, 0.2) is 11.9 Å². The van der Waals surface area contributed by atoms with Gasteiger partial charge in [-0.05, 0) is 37.3 Å². The predicted molar refractivity (Wildman–Crippen MR) is 68.7 cm³/mol. The van der Waals surface area contributed by atoms with Crippen molar-refractivity contribution in [2.75, 3.05) is 0 Å². The van der Waals surface area contributed by atoms with Crippen LogP contribution in [-0.2, 0) is 0 Å². The molecule has 4 nitrogen and oxygen atoms in total. The molecule has 0 amide bonds. The van der Waals surface area contributed by atoms with Crippen LogP contribution in [0.5, 0.6) is 0 Å². The first-order valence-corrected chi connectivity index (χ1v) is 5.49. The monoisotopic (exact) mass is 250 g/mol. The average Bonchev–Trinajstić information content (AvgIpc) is 2.38. The Kier molecular flexibility index (Phi) is 5.05. The van der Waals surface area contributed by atoms with Gasteiger partial charge >= 0.3 is 0 Å². The molecule has 0 heterocycles. The van der Waals surface area contributed by atoms with Gasteiger partial charge in [0, 0.05) is 12.5 Å². The molecule has 0 saturated carbocycles. The lowest BCUT2D eigenvalue weighted by Crippen LogP contribution is -2.29. The summed E-state index contributed by atoms with van der Waals surface area (Å²) in [7, 11) is 0. The van der Waals surface area contributed by atoms with E-state index in [9.17, 15) is 9.60 Å². The summed E-state index contributed by atoms with van der Waals surface area (Å²) in [5, 5.41) is 23.8. The smallest absolute Gasteiger partial charge is 0.206 e. The van der Waals surface area contributed by atoms with Gasteiger partial charge in [-0.25, -0.2) is 9.13 Å². The van der Waals surface area contributed by atoms with E-state index < -0.39 is 6.04 Å². The largest absolute Gasteiger partial charge is 0.623 e. The number of allylic oxidation sites excluding steroid dienone is 2. The van der Waals surface area contributed by atoms with Crippen molar-refractivity contribution in [3.05, 3.63) is 53.0 Å². The molecule has 96 valence electrons. The van der Waals surface area contributed by atoms with Crippen molar-refractivity contribution >= 4 is 11.9 Å². The summed E-state index contributed by atoms with van der Waals surface area (Å²) < 4.78 is 13.5. The van der Waals surface area contributed by atoms with Crippen LogP contribution in [0.1, 0.15) is 19.4 Å². The van der Waals surface area contributed by atoms with E-state index in [4.69, 9.17) is 5.21 Å². The molecule has 0 aliphatic heterocycles. The van der Waals surface area contributed by atoms with E-state index in [-0.39, 0.29) is 11.5 Å². The van der Waals surface area contributed by atoms with Crippen molar-refractivity contribution in [1.29, 1.82) is 0 Å². The number of oxime groups is 1. The Balaban J connectivity index is 3.01. The lowest BCUT2D eigenvalue weighted by atomic mass is 10.0. The number of halogens is 1. The maximum absolute atomic E-state index is 12.8. The highest BCUT2D eigenvalue weighted by atomic mass is 19.1. The van der Waals surface area contributed by atoms with Crippen LogP contribution >= 0.6 is 0 Å². The van der Waals surface area contributed by atoms with Gasteiger partial charge in [-0.3, -0.25) is 0 Å². The Morgan fingerprint density at radius 2 is 2.06 bits per heavy atom. The highest BCUT2D eigenvalue weighted by Crippen LogP contribution is 2.08. The molecule has 1 aromatic rings. The summed E-state index contributed by atoms with van der Waals surface area (Å²) >= 11 is 0. The first kappa shape index (κ1) is 13.9. The third kappa shape index (κ3) is 3.41. The molecule has 1 unspecified atom stereocenters. The van der Waals surface area contributed by atoms with Crippen LogP contribution in [0.2, 0.25) is 0 Å². The fraction of sp³-hybridized carbons (Fsp3) is 0.231. The van der Waals surface area contributed by atoms with Crippen LogP contribution in [0.3, 0.4) is 0 Å². The second kappa shape index (κ2) is 6.54. The average molecular weight is 250 g/mol. The van der Waals surface area contributed by atoms with Gasteiger partial charge < -0.3 is 10.4 Å². The molecule has 1 atom stereocenters. The zero-order valence-electron chi connectivity index (χ0n) is 10.2. The second-order valence-electron chi connectivity index (χ2n) is 3.70. The molecular formula is C13H15FN2O2. The molecule has 0 aromatic heterocycles. The van der Waals surface area contributed by atoms with Gasteiger partial charge in [0.25, 0.3) is 0 Å². The Bertz CT molecular complexity index is 478. The summed E-state index contributed by atoms with van der Waals surface area (Å²) in [6.45, 7) is 3.39. The number of hydrogen-bond donors (Lipinski definition) is 1. The van der Waals surface area contributed by atoms with Crippen molar-refractivity contribution in [2.24, 2.45) is 5.16 Å². The number of benzene rings is 1. The molecule has 0 radical (unpaired) electrons. The Morgan fingerprint density at radius 3 is 2.56 bits per heavy atom. The standard InChI is InChI=1S/C13H15FN2O2/c1-3-4-9-16(18)10(2)13(15-17)11-5-7-12(14)8-6-11/h3-10,17H,1-2H3/b4-3-,15-13-,16-9+. The first-order valence-electron chi connectivity index (χ1n) is 5.49. The molecule has 0 fully saturated rings. The lowest BCUT2D eigenvalue weighted by Gasteiger charge is -2.13. The molecule has 0 spiro atoms. The molecule has 0 aliphatic rings. The Morgan fingerprint density at radius 1 is 1.44 bits per heavy atom. The van der Waals surface area contributed by atoms with Gasteiger partial charge in [0.2, 0.25) is 6.04 Å². The molecular weight excluding hydrogens is 235 g/mol. The maximum atomic E-state index is 12.8.